The van der Waals surface area contributed by atoms with Crippen molar-refractivity contribution in [3.8, 4) is 0 Å². The number of non-ortho nitro benzene ring substituents is 1. The summed E-state index contributed by atoms with van der Waals surface area (Å²) in [5, 5.41) is 13.6. The van der Waals surface area contributed by atoms with E-state index in [1.165, 1.54) is 12.1 Å². The Morgan fingerprint density at radius 1 is 1.39 bits per heavy atom. The van der Waals surface area contributed by atoms with Gasteiger partial charge in [0.15, 0.2) is 5.82 Å². The van der Waals surface area contributed by atoms with E-state index < -0.39 is 10.7 Å². The van der Waals surface area contributed by atoms with Crippen molar-refractivity contribution in [2.45, 2.75) is 25.3 Å². The van der Waals surface area contributed by atoms with Crippen LogP contribution in [-0.2, 0) is 4.74 Å². The van der Waals surface area contributed by atoms with E-state index in [-0.39, 0.29) is 11.7 Å². The van der Waals surface area contributed by atoms with Gasteiger partial charge in [0.25, 0.3) is 5.69 Å². The molecule has 0 aliphatic carbocycles. The standard InChI is InChI=1S/C12H15FN2O3/c13-11-8-10(15(16)17)3-4-12(11)14-9-2-1-6-18-7-5-9/h3-4,8-9,14H,1-2,5-7H2. The summed E-state index contributed by atoms with van der Waals surface area (Å²) in [4.78, 5) is 9.90. The first kappa shape index (κ1) is 12.8. The van der Waals surface area contributed by atoms with Gasteiger partial charge in [-0.3, -0.25) is 10.1 Å². The van der Waals surface area contributed by atoms with Gasteiger partial charge in [-0.2, -0.15) is 0 Å². The molecule has 2 rings (SSSR count). The topological polar surface area (TPSA) is 64.4 Å². The molecule has 0 saturated carbocycles. The highest BCUT2D eigenvalue weighted by molar-refractivity contribution is 5.50. The molecule has 1 fully saturated rings. The normalized spacial score (nSPS) is 20.2. The van der Waals surface area contributed by atoms with Crippen LogP contribution in [0.15, 0.2) is 18.2 Å². The quantitative estimate of drug-likeness (QED) is 0.665. The summed E-state index contributed by atoms with van der Waals surface area (Å²) >= 11 is 0. The summed E-state index contributed by atoms with van der Waals surface area (Å²) in [6.07, 6.45) is 2.67. The predicted octanol–water partition coefficient (Wildman–Crippen LogP) is 2.71. The molecular formula is C12H15FN2O3. The average Bonchev–Trinajstić information content (AvgIpc) is 2.60. The van der Waals surface area contributed by atoms with E-state index >= 15 is 0 Å². The molecular weight excluding hydrogens is 239 g/mol. The summed E-state index contributed by atoms with van der Waals surface area (Å²) in [5.74, 6) is -0.589. The fraction of sp³-hybridized carbons (Fsp3) is 0.500. The molecule has 0 amide bonds. The summed E-state index contributed by atoms with van der Waals surface area (Å²) in [6, 6.07) is 3.82. The van der Waals surface area contributed by atoms with Crippen LogP contribution in [0.25, 0.3) is 0 Å². The molecule has 1 aliphatic heterocycles. The maximum atomic E-state index is 13.7. The molecule has 1 N–H and O–H groups in total. The third-order valence-corrected chi connectivity index (χ3v) is 2.98. The van der Waals surface area contributed by atoms with E-state index in [0.29, 0.717) is 12.3 Å². The number of nitrogens with zero attached hydrogens (tertiary/aromatic N) is 1. The third kappa shape index (κ3) is 3.16. The lowest BCUT2D eigenvalue weighted by molar-refractivity contribution is -0.385. The Hall–Kier alpha value is -1.69. The lowest BCUT2D eigenvalue weighted by Crippen LogP contribution is -2.20. The zero-order valence-corrected chi connectivity index (χ0v) is 9.89. The van der Waals surface area contributed by atoms with E-state index in [1.54, 1.807) is 0 Å². The van der Waals surface area contributed by atoms with E-state index in [2.05, 4.69) is 5.32 Å². The molecule has 5 nitrogen and oxygen atoms in total. The number of nitro groups is 1. The van der Waals surface area contributed by atoms with Crippen LogP contribution in [-0.4, -0.2) is 24.2 Å². The number of ether oxygens (including phenoxy) is 1. The van der Waals surface area contributed by atoms with E-state index in [4.69, 9.17) is 4.74 Å². The second-order valence-electron chi connectivity index (χ2n) is 4.31. The van der Waals surface area contributed by atoms with E-state index in [9.17, 15) is 14.5 Å². The minimum absolute atomic E-state index is 0.156. The van der Waals surface area contributed by atoms with Gasteiger partial charge in [0.2, 0.25) is 0 Å². The van der Waals surface area contributed by atoms with Crippen molar-refractivity contribution in [2.24, 2.45) is 0 Å². The van der Waals surface area contributed by atoms with Crippen molar-refractivity contribution in [2.75, 3.05) is 18.5 Å². The second kappa shape index (κ2) is 5.77. The highest BCUT2D eigenvalue weighted by Gasteiger charge is 2.16. The van der Waals surface area contributed by atoms with Gasteiger partial charge in [0.1, 0.15) is 0 Å². The van der Waals surface area contributed by atoms with E-state index in [0.717, 1.165) is 31.9 Å². The Labute approximate surface area is 104 Å². The summed E-state index contributed by atoms with van der Waals surface area (Å²) in [6.45, 7) is 1.40. The number of hydrogen-bond donors (Lipinski definition) is 1. The summed E-state index contributed by atoms with van der Waals surface area (Å²) in [5.41, 5.74) is 0.0785. The average molecular weight is 254 g/mol. The molecule has 0 aromatic heterocycles. The monoisotopic (exact) mass is 254 g/mol. The van der Waals surface area contributed by atoms with Crippen LogP contribution in [0.1, 0.15) is 19.3 Å². The molecule has 1 aromatic rings. The van der Waals surface area contributed by atoms with Crippen LogP contribution in [0.3, 0.4) is 0 Å². The lowest BCUT2D eigenvalue weighted by atomic mass is 10.1. The van der Waals surface area contributed by atoms with Crippen molar-refractivity contribution in [1.29, 1.82) is 0 Å². The van der Waals surface area contributed by atoms with Crippen molar-refractivity contribution in [3.63, 3.8) is 0 Å². The first-order valence-corrected chi connectivity index (χ1v) is 5.95. The maximum absolute atomic E-state index is 13.7. The SMILES string of the molecule is O=[N+]([O-])c1ccc(NC2CCCOCC2)c(F)c1. The third-order valence-electron chi connectivity index (χ3n) is 2.98. The van der Waals surface area contributed by atoms with Crippen LogP contribution in [0, 0.1) is 15.9 Å². The first-order chi connectivity index (χ1) is 8.66. The Balaban J connectivity index is 2.06. The van der Waals surface area contributed by atoms with Crippen LogP contribution in [0.2, 0.25) is 0 Å². The molecule has 18 heavy (non-hydrogen) atoms. The number of benzene rings is 1. The summed E-state index contributed by atoms with van der Waals surface area (Å²) < 4.78 is 19.0. The number of halogens is 1. The van der Waals surface area contributed by atoms with Crippen molar-refractivity contribution in [1.82, 2.24) is 0 Å². The van der Waals surface area contributed by atoms with Gasteiger partial charge in [-0.25, -0.2) is 4.39 Å². The van der Waals surface area contributed by atoms with Crippen molar-refractivity contribution in [3.05, 3.63) is 34.1 Å². The lowest BCUT2D eigenvalue weighted by Gasteiger charge is -2.17. The van der Waals surface area contributed by atoms with Gasteiger partial charge in [-0.1, -0.05) is 0 Å². The van der Waals surface area contributed by atoms with Gasteiger partial charge in [0, 0.05) is 25.3 Å². The van der Waals surface area contributed by atoms with Gasteiger partial charge in [-0.15, -0.1) is 0 Å². The molecule has 1 heterocycles. The number of rotatable bonds is 3. The van der Waals surface area contributed by atoms with Crippen LogP contribution in [0.5, 0.6) is 0 Å². The Morgan fingerprint density at radius 2 is 2.22 bits per heavy atom. The zero-order chi connectivity index (χ0) is 13.0. The Bertz CT molecular complexity index is 431. The zero-order valence-electron chi connectivity index (χ0n) is 9.89. The number of nitrogens with one attached hydrogen (secondary N) is 1. The van der Waals surface area contributed by atoms with Gasteiger partial charge in [-0.05, 0) is 25.3 Å². The molecule has 1 atom stereocenters. The van der Waals surface area contributed by atoms with Crippen LogP contribution < -0.4 is 5.32 Å². The molecule has 1 saturated heterocycles. The molecule has 6 heteroatoms. The second-order valence-corrected chi connectivity index (χ2v) is 4.31. The number of anilines is 1. The van der Waals surface area contributed by atoms with Gasteiger partial charge >= 0.3 is 0 Å². The highest BCUT2D eigenvalue weighted by Crippen LogP contribution is 2.23. The predicted molar refractivity (Wildman–Crippen MR) is 65.1 cm³/mol. The molecule has 0 radical (unpaired) electrons. The minimum atomic E-state index is -0.605. The molecule has 98 valence electrons. The van der Waals surface area contributed by atoms with Crippen molar-refractivity contribution >= 4 is 11.4 Å². The van der Waals surface area contributed by atoms with E-state index in [1.807, 2.05) is 0 Å². The molecule has 1 unspecified atom stereocenters. The largest absolute Gasteiger partial charge is 0.381 e. The Morgan fingerprint density at radius 3 is 2.94 bits per heavy atom. The first-order valence-electron chi connectivity index (χ1n) is 5.95. The molecule has 1 aliphatic rings. The summed E-state index contributed by atoms with van der Waals surface area (Å²) in [7, 11) is 0. The van der Waals surface area contributed by atoms with Crippen molar-refractivity contribution < 1.29 is 14.1 Å². The van der Waals surface area contributed by atoms with Crippen LogP contribution >= 0.6 is 0 Å². The van der Waals surface area contributed by atoms with Gasteiger partial charge in [0.05, 0.1) is 16.7 Å². The van der Waals surface area contributed by atoms with Gasteiger partial charge < -0.3 is 10.1 Å². The minimum Gasteiger partial charge on any atom is -0.381 e. The Kier molecular flexibility index (Phi) is 4.09. The fourth-order valence-electron chi connectivity index (χ4n) is 2.00. The number of hydrogen-bond acceptors (Lipinski definition) is 4. The fourth-order valence-corrected chi connectivity index (χ4v) is 2.00. The smallest absolute Gasteiger partial charge is 0.272 e. The molecule has 1 aromatic carbocycles. The molecule has 0 bridgehead atoms. The maximum Gasteiger partial charge on any atom is 0.272 e. The number of nitro benzene ring substituents is 1. The van der Waals surface area contributed by atoms with Crippen LogP contribution in [0.4, 0.5) is 15.8 Å². The highest BCUT2D eigenvalue weighted by atomic mass is 19.1. The molecule has 0 spiro atoms.